The van der Waals surface area contributed by atoms with Crippen LogP contribution in [-0.4, -0.2) is 24.6 Å². The van der Waals surface area contributed by atoms with Gasteiger partial charge in [-0.2, -0.15) is 0 Å². The van der Waals surface area contributed by atoms with Crippen LogP contribution in [0.25, 0.3) is 0 Å². The molecule has 0 N–H and O–H groups in total. The maximum Gasteiger partial charge on any atom is 0.316 e. The molecule has 5 unspecified atom stereocenters. The fourth-order valence-electron chi connectivity index (χ4n) is 4.86. The number of cyclic esters (lactones) is 1. The molecule has 1 aliphatic heterocycles. The van der Waals surface area contributed by atoms with Gasteiger partial charge in [-0.05, 0) is 58.3 Å². The van der Waals surface area contributed by atoms with E-state index in [-0.39, 0.29) is 41.9 Å². The molecule has 2 aliphatic carbocycles. The first-order chi connectivity index (χ1) is 11.1. The molecular formula is C20H30O4. The third kappa shape index (κ3) is 2.58. The molecular weight excluding hydrogens is 304 g/mol. The van der Waals surface area contributed by atoms with Crippen molar-refractivity contribution in [3.8, 4) is 0 Å². The molecule has 6 atom stereocenters. The molecule has 24 heavy (non-hydrogen) atoms. The zero-order valence-corrected chi connectivity index (χ0v) is 15.7. The third-order valence-electron chi connectivity index (χ3n) is 6.59. The number of esters is 2. The van der Waals surface area contributed by atoms with Crippen molar-refractivity contribution in [2.24, 2.45) is 34.5 Å². The van der Waals surface area contributed by atoms with Crippen LogP contribution in [0.3, 0.4) is 0 Å². The van der Waals surface area contributed by atoms with Crippen LogP contribution in [-0.2, 0) is 19.1 Å². The monoisotopic (exact) mass is 334 g/mol. The summed E-state index contributed by atoms with van der Waals surface area (Å²) in [4.78, 5) is 25.0. The van der Waals surface area contributed by atoms with Crippen LogP contribution in [0.4, 0.5) is 0 Å². The highest BCUT2D eigenvalue weighted by Crippen LogP contribution is 2.67. The van der Waals surface area contributed by atoms with Gasteiger partial charge in [-0.1, -0.05) is 25.5 Å². The summed E-state index contributed by atoms with van der Waals surface area (Å²) < 4.78 is 11.3. The average molecular weight is 334 g/mol. The second-order valence-corrected chi connectivity index (χ2v) is 9.01. The van der Waals surface area contributed by atoms with Crippen molar-refractivity contribution >= 4 is 11.9 Å². The fraction of sp³-hybridized carbons (Fsp3) is 0.800. The summed E-state index contributed by atoms with van der Waals surface area (Å²) in [6.45, 7) is 12.2. The van der Waals surface area contributed by atoms with Crippen molar-refractivity contribution < 1.29 is 19.1 Å². The van der Waals surface area contributed by atoms with E-state index in [9.17, 15) is 9.59 Å². The quantitative estimate of drug-likeness (QED) is 0.567. The lowest BCUT2D eigenvalue weighted by Gasteiger charge is -2.30. The SMILES string of the molecule is CC(C)=CC(C)(C(=O)OC[C@@H]1OC(=O)C2(C)CC3CC3C12)C(C)C. The van der Waals surface area contributed by atoms with Gasteiger partial charge >= 0.3 is 11.9 Å². The second kappa shape index (κ2) is 5.60. The summed E-state index contributed by atoms with van der Waals surface area (Å²) in [7, 11) is 0. The Bertz CT molecular complexity index is 588. The minimum atomic E-state index is -0.650. The lowest BCUT2D eigenvalue weighted by molar-refractivity contribution is -0.162. The number of hydrogen-bond donors (Lipinski definition) is 0. The molecule has 3 rings (SSSR count). The molecule has 1 saturated heterocycles. The van der Waals surface area contributed by atoms with Crippen LogP contribution in [0.2, 0.25) is 0 Å². The van der Waals surface area contributed by atoms with Gasteiger partial charge in [-0.3, -0.25) is 9.59 Å². The maximum atomic E-state index is 12.7. The third-order valence-corrected chi connectivity index (χ3v) is 6.59. The van der Waals surface area contributed by atoms with Crippen LogP contribution < -0.4 is 0 Å². The van der Waals surface area contributed by atoms with Gasteiger partial charge in [0.2, 0.25) is 0 Å². The highest BCUT2D eigenvalue weighted by atomic mass is 16.6. The Hall–Kier alpha value is -1.32. The zero-order chi connectivity index (χ0) is 17.9. The highest BCUT2D eigenvalue weighted by Gasteiger charge is 2.69. The summed E-state index contributed by atoms with van der Waals surface area (Å²) >= 11 is 0. The van der Waals surface area contributed by atoms with Crippen molar-refractivity contribution in [3.63, 3.8) is 0 Å². The molecule has 1 heterocycles. The van der Waals surface area contributed by atoms with Crippen LogP contribution in [0.1, 0.15) is 54.4 Å². The largest absolute Gasteiger partial charge is 0.461 e. The van der Waals surface area contributed by atoms with Crippen molar-refractivity contribution in [2.75, 3.05) is 6.61 Å². The lowest BCUT2D eigenvalue weighted by Crippen LogP contribution is -2.37. The molecule has 0 spiro atoms. The van der Waals surface area contributed by atoms with Crippen LogP contribution >= 0.6 is 0 Å². The van der Waals surface area contributed by atoms with Crippen molar-refractivity contribution in [2.45, 2.75) is 60.5 Å². The summed E-state index contributed by atoms with van der Waals surface area (Å²) in [6.07, 6.45) is 3.85. The number of fused-ring (bicyclic) bond motifs is 3. The van der Waals surface area contributed by atoms with E-state index < -0.39 is 5.41 Å². The molecule has 134 valence electrons. The predicted molar refractivity (Wildman–Crippen MR) is 91.0 cm³/mol. The number of carbonyl (C=O) groups excluding carboxylic acids is 2. The molecule has 0 bridgehead atoms. The highest BCUT2D eigenvalue weighted by molar-refractivity contribution is 5.81. The Morgan fingerprint density at radius 1 is 1.46 bits per heavy atom. The number of rotatable bonds is 5. The van der Waals surface area contributed by atoms with Crippen molar-refractivity contribution in [3.05, 3.63) is 11.6 Å². The van der Waals surface area contributed by atoms with Gasteiger partial charge in [-0.25, -0.2) is 0 Å². The first-order valence-corrected chi connectivity index (χ1v) is 9.14. The Morgan fingerprint density at radius 3 is 2.71 bits per heavy atom. The Labute approximate surface area is 145 Å². The van der Waals surface area contributed by atoms with E-state index in [1.54, 1.807) is 0 Å². The van der Waals surface area contributed by atoms with E-state index in [4.69, 9.17) is 9.47 Å². The maximum absolute atomic E-state index is 12.7. The number of carbonyl (C=O) groups is 2. The number of allylic oxidation sites excluding steroid dienone is 1. The summed E-state index contributed by atoms with van der Waals surface area (Å²) in [6, 6.07) is 0. The summed E-state index contributed by atoms with van der Waals surface area (Å²) in [5, 5.41) is 0. The first kappa shape index (κ1) is 17.5. The molecule has 0 aromatic rings. The van der Waals surface area contributed by atoms with Gasteiger partial charge in [0.25, 0.3) is 0 Å². The number of ether oxygens (including phenoxy) is 2. The topological polar surface area (TPSA) is 52.6 Å². The van der Waals surface area contributed by atoms with Gasteiger partial charge in [-0.15, -0.1) is 0 Å². The Balaban J connectivity index is 1.68. The molecule has 2 saturated carbocycles. The second-order valence-electron chi connectivity index (χ2n) is 9.01. The van der Waals surface area contributed by atoms with Gasteiger partial charge in [0.1, 0.15) is 12.7 Å². The molecule has 0 amide bonds. The van der Waals surface area contributed by atoms with E-state index in [2.05, 4.69) is 0 Å². The van der Waals surface area contributed by atoms with E-state index in [1.807, 2.05) is 47.6 Å². The minimum Gasteiger partial charge on any atom is -0.461 e. The molecule has 4 nitrogen and oxygen atoms in total. The Kier molecular flexibility index (Phi) is 4.09. The fourth-order valence-corrected chi connectivity index (χ4v) is 4.86. The standard InChI is InChI=1S/C20H30O4/c1-11(2)8-19(5,12(3)4)17(21)23-10-15-16-14-7-13(14)9-20(16,6)18(22)24-15/h8,12-16H,7,9-10H2,1-6H3/t13?,14?,15-,16?,19?,20?/m0/s1. The van der Waals surface area contributed by atoms with E-state index in [1.165, 1.54) is 6.42 Å². The number of hydrogen-bond acceptors (Lipinski definition) is 4. The molecule has 3 aliphatic rings. The van der Waals surface area contributed by atoms with Gasteiger partial charge in [0.15, 0.2) is 0 Å². The van der Waals surface area contributed by atoms with Crippen molar-refractivity contribution in [1.82, 2.24) is 0 Å². The van der Waals surface area contributed by atoms with Crippen LogP contribution in [0, 0.1) is 34.5 Å². The first-order valence-electron chi connectivity index (χ1n) is 9.14. The predicted octanol–water partition coefficient (Wildman–Crippen LogP) is 3.75. The van der Waals surface area contributed by atoms with E-state index in [0.717, 1.165) is 12.0 Å². The molecule has 0 radical (unpaired) electrons. The summed E-state index contributed by atoms with van der Waals surface area (Å²) in [5.41, 5.74) is 0.0914. The van der Waals surface area contributed by atoms with Gasteiger partial charge in [0.05, 0.1) is 10.8 Å². The van der Waals surface area contributed by atoms with Crippen molar-refractivity contribution in [1.29, 1.82) is 0 Å². The van der Waals surface area contributed by atoms with E-state index >= 15 is 0 Å². The Morgan fingerprint density at radius 2 is 2.12 bits per heavy atom. The molecule has 4 heteroatoms. The van der Waals surface area contributed by atoms with Gasteiger partial charge < -0.3 is 9.47 Å². The smallest absolute Gasteiger partial charge is 0.316 e. The van der Waals surface area contributed by atoms with Crippen LogP contribution in [0.15, 0.2) is 11.6 Å². The zero-order valence-electron chi connectivity index (χ0n) is 15.7. The molecule has 3 fully saturated rings. The normalized spacial score (nSPS) is 38.9. The van der Waals surface area contributed by atoms with Crippen LogP contribution in [0.5, 0.6) is 0 Å². The molecule has 0 aromatic heterocycles. The summed E-state index contributed by atoms with van der Waals surface area (Å²) in [5.74, 6) is 1.29. The minimum absolute atomic E-state index is 0.100. The van der Waals surface area contributed by atoms with Gasteiger partial charge in [0, 0.05) is 5.92 Å². The average Bonchev–Trinajstić information content (AvgIpc) is 3.06. The molecule has 0 aromatic carbocycles. The lowest BCUT2D eigenvalue weighted by atomic mass is 9.76. The van der Waals surface area contributed by atoms with E-state index in [0.29, 0.717) is 11.8 Å².